The molecule has 1 saturated heterocycles. The number of hydrogen-bond donors (Lipinski definition) is 0. The summed E-state index contributed by atoms with van der Waals surface area (Å²) in [6.07, 6.45) is -8.51. The smallest absolute Gasteiger partial charge is 0.434 e. The van der Waals surface area contributed by atoms with E-state index >= 15 is 0 Å². The number of hydrogen-bond acceptors (Lipinski definition) is 6. The lowest BCUT2D eigenvalue weighted by atomic mass is 9.95. The first-order valence-corrected chi connectivity index (χ1v) is 10.9. The van der Waals surface area contributed by atoms with Gasteiger partial charge >= 0.3 is 12.4 Å². The van der Waals surface area contributed by atoms with Crippen molar-refractivity contribution in [2.45, 2.75) is 44.6 Å². The molecule has 0 radical (unpaired) electrons. The Kier molecular flexibility index (Phi) is 6.92. The summed E-state index contributed by atoms with van der Waals surface area (Å²) in [5.74, 6) is -0.374. The van der Waals surface area contributed by atoms with Gasteiger partial charge in [-0.3, -0.25) is 4.79 Å². The second kappa shape index (κ2) is 9.78. The van der Waals surface area contributed by atoms with Gasteiger partial charge < -0.3 is 14.2 Å². The molecule has 0 bridgehead atoms. The Balaban J connectivity index is 1.45. The number of carbonyl (C=O) groups excluding carboxylic acids is 1. The van der Waals surface area contributed by atoms with Crippen LogP contribution in [0.2, 0.25) is 0 Å². The number of amides is 1. The number of rotatable bonds is 5. The molecular weight excluding hydrogens is 494 g/mol. The lowest BCUT2D eigenvalue weighted by Crippen LogP contribution is -2.39. The van der Waals surface area contributed by atoms with Crippen molar-refractivity contribution in [1.29, 1.82) is 0 Å². The van der Waals surface area contributed by atoms with E-state index in [9.17, 15) is 31.1 Å². The predicted octanol–water partition coefficient (Wildman–Crippen LogP) is 5.41. The van der Waals surface area contributed by atoms with E-state index in [0.29, 0.717) is 30.1 Å². The number of halogens is 6. The SMILES string of the molecule is Cc1nc(C2CCN(C(=O)c3ccc(OCc4ccc(C(F)(F)F)cc4)nc3C(F)(F)F)CC2)no1. The van der Waals surface area contributed by atoms with Crippen LogP contribution in [0.4, 0.5) is 26.3 Å². The zero-order chi connectivity index (χ0) is 26.1. The molecule has 3 heterocycles. The van der Waals surface area contributed by atoms with Crippen LogP contribution in [0, 0.1) is 6.92 Å². The number of piperidine rings is 1. The second-order valence-electron chi connectivity index (χ2n) is 8.26. The quantitative estimate of drug-likeness (QED) is 0.424. The molecule has 1 aliphatic heterocycles. The van der Waals surface area contributed by atoms with E-state index in [1.807, 2.05) is 0 Å². The van der Waals surface area contributed by atoms with Crippen molar-refractivity contribution in [3.8, 4) is 5.88 Å². The van der Waals surface area contributed by atoms with Crippen molar-refractivity contribution < 1.29 is 40.4 Å². The van der Waals surface area contributed by atoms with Gasteiger partial charge in [-0.1, -0.05) is 17.3 Å². The van der Waals surface area contributed by atoms with E-state index in [0.717, 1.165) is 36.4 Å². The number of nitrogens with zero attached hydrogens (tertiary/aromatic N) is 4. The van der Waals surface area contributed by atoms with Crippen molar-refractivity contribution >= 4 is 5.91 Å². The van der Waals surface area contributed by atoms with Crippen LogP contribution in [-0.2, 0) is 19.0 Å². The second-order valence-corrected chi connectivity index (χ2v) is 8.26. The first-order chi connectivity index (χ1) is 16.9. The summed E-state index contributed by atoms with van der Waals surface area (Å²) in [5, 5.41) is 3.87. The third kappa shape index (κ3) is 5.77. The molecule has 3 aromatic rings. The van der Waals surface area contributed by atoms with Gasteiger partial charge in [0.2, 0.25) is 11.8 Å². The average molecular weight is 514 g/mol. The molecule has 2 aromatic heterocycles. The van der Waals surface area contributed by atoms with E-state index in [4.69, 9.17) is 9.26 Å². The van der Waals surface area contributed by atoms with Gasteiger partial charge in [0.1, 0.15) is 6.61 Å². The minimum atomic E-state index is -4.93. The summed E-state index contributed by atoms with van der Waals surface area (Å²) >= 11 is 0. The molecule has 0 saturated carbocycles. The highest BCUT2D eigenvalue weighted by atomic mass is 19.4. The lowest BCUT2D eigenvalue weighted by Gasteiger charge is -2.31. The van der Waals surface area contributed by atoms with Crippen LogP contribution in [0.15, 0.2) is 40.9 Å². The first kappa shape index (κ1) is 25.5. The van der Waals surface area contributed by atoms with Gasteiger partial charge in [-0.25, -0.2) is 4.98 Å². The lowest BCUT2D eigenvalue weighted by molar-refractivity contribution is -0.142. The zero-order valence-corrected chi connectivity index (χ0v) is 18.9. The van der Waals surface area contributed by atoms with E-state index < -0.39 is 41.0 Å². The molecule has 13 heteroatoms. The molecule has 0 N–H and O–H groups in total. The Labute approximate surface area is 201 Å². The maximum atomic E-state index is 13.7. The molecule has 1 aromatic carbocycles. The molecule has 36 heavy (non-hydrogen) atoms. The maximum Gasteiger partial charge on any atom is 0.434 e. The summed E-state index contributed by atoms with van der Waals surface area (Å²) < 4.78 is 89.5. The maximum absolute atomic E-state index is 13.7. The number of ether oxygens (including phenoxy) is 1. The molecule has 192 valence electrons. The Hall–Kier alpha value is -3.64. The van der Waals surface area contributed by atoms with Crippen molar-refractivity contribution in [2.75, 3.05) is 13.1 Å². The van der Waals surface area contributed by atoms with Gasteiger partial charge in [0.05, 0.1) is 11.1 Å². The number of likely N-dealkylation sites (tertiary alicyclic amines) is 1. The Bertz CT molecular complexity index is 1220. The van der Waals surface area contributed by atoms with Crippen molar-refractivity contribution in [3.63, 3.8) is 0 Å². The van der Waals surface area contributed by atoms with Gasteiger partial charge in [-0.2, -0.15) is 31.3 Å². The third-order valence-corrected chi connectivity index (χ3v) is 5.73. The summed E-state index contributed by atoms with van der Waals surface area (Å²) in [5.41, 5.74) is -2.56. The molecule has 7 nitrogen and oxygen atoms in total. The monoisotopic (exact) mass is 514 g/mol. The minimum Gasteiger partial charge on any atom is -0.473 e. The molecule has 4 rings (SSSR count). The first-order valence-electron chi connectivity index (χ1n) is 10.9. The zero-order valence-electron chi connectivity index (χ0n) is 18.9. The van der Waals surface area contributed by atoms with Crippen LogP contribution in [0.25, 0.3) is 0 Å². The number of aromatic nitrogens is 3. The molecule has 0 atom stereocenters. The molecule has 0 unspecified atom stereocenters. The van der Waals surface area contributed by atoms with Gasteiger partial charge in [-0.05, 0) is 36.6 Å². The van der Waals surface area contributed by atoms with Crippen molar-refractivity contribution in [2.24, 2.45) is 0 Å². The number of pyridine rings is 1. The Morgan fingerprint density at radius 3 is 2.22 bits per heavy atom. The molecule has 0 aliphatic carbocycles. The normalized spacial score (nSPS) is 15.2. The average Bonchev–Trinajstić information content (AvgIpc) is 3.27. The predicted molar refractivity (Wildman–Crippen MR) is 112 cm³/mol. The molecule has 1 amide bonds. The van der Waals surface area contributed by atoms with Crippen molar-refractivity contribution in [1.82, 2.24) is 20.0 Å². The van der Waals surface area contributed by atoms with Crippen molar-refractivity contribution in [3.05, 3.63) is 70.5 Å². The van der Waals surface area contributed by atoms with E-state index in [1.54, 1.807) is 6.92 Å². The van der Waals surface area contributed by atoms with E-state index in [2.05, 4.69) is 15.1 Å². The topological polar surface area (TPSA) is 81.4 Å². The van der Waals surface area contributed by atoms with Gasteiger partial charge in [0, 0.05) is 32.0 Å². The molecule has 0 spiro atoms. The van der Waals surface area contributed by atoms with Crippen LogP contribution in [0.3, 0.4) is 0 Å². The van der Waals surface area contributed by atoms with Gasteiger partial charge in [0.15, 0.2) is 11.5 Å². The third-order valence-electron chi connectivity index (χ3n) is 5.73. The van der Waals surface area contributed by atoms with Crippen LogP contribution in [0.1, 0.15) is 57.7 Å². The van der Waals surface area contributed by atoms with Crippen LogP contribution in [-0.4, -0.2) is 39.0 Å². The molecular formula is C23H20F6N4O3. The fourth-order valence-electron chi connectivity index (χ4n) is 3.85. The highest BCUT2D eigenvalue weighted by molar-refractivity contribution is 5.95. The van der Waals surface area contributed by atoms with Crippen LogP contribution < -0.4 is 4.74 Å². The highest BCUT2D eigenvalue weighted by Crippen LogP contribution is 2.34. The van der Waals surface area contributed by atoms with E-state index in [1.165, 1.54) is 4.90 Å². The summed E-state index contributed by atoms with van der Waals surface area (Å²) in [4.78, 5) is 21.9. The van der Waals surface area contributed by atoms with Gasteiger partial charge in [-0.15, -0.1) is 0 Å². The largest absolute Gasteiger partial charge is 0.473 e. The molecule has 1 fully saturated rings. The Morgan fingerprint density at radius 1 is 1.00 bits per heavy atom. The summed E-state index contributed by atoms with van der Waals surface area (Å²) in [6.45, 7) is 1.76. The van der Waals surface area contributed by atoms with Crippen LogP contribution >= 0.6 is 0 Å². The van der Waals surface area contributed by atoms with E-state index in [-0.39, 0.29) is 25.6 Å². The highest BCUT2D eigenvalue weighted by Gasteiger charge is 2.39. The summed E-state index contributed by atoms with van der Waals surface area (Å²) in [7, 11) is 0. The Morgan fingerprint density at radius 2 is 1.67 bits per heavy atom. The summed E-state index contributed by atoms with van der Waals surface area (Å²) in [6, 6.07) is 6.13. The molecule has 1 aliphatic rings. The fraction of sp³-hybridized carbons (Fsp3) is 0.391. The minimum absolute atomic E-state index is 0.0623. The number of benzene rings is 1. The standard InChI is InChI=1S/C23H20F6N4O3/c1-13-30-20(32-36-13)15-8-10-33(11-9-15)21(34)17-6-7-18(31-19(17)23(27,28)29)35-12-14-2-4-16(5-3-14)22(24,25)26/h2-7,15H,8-12H2,1H3. The number of carbonyl (C=O) groups is 1. The number of alkyl halides is 6. The van der Waals surface area contributed by atoms with Gasteiger partial charge in [0.25, 0.3) is 5.91 Å². The van der Waals surface area contributed by atoms with Crippen LogP contribution in [0.5, 0.6) is 5.88 Å². The number of aryl methyl sites for hydroxylation is 1. The fourth-order valence-corrected chi connectivity index (χ4v) is 3.85.